The smallest absolute Gasteiger partial charge is 0.319 e. The minimum atomic E-state index is -1.31. The van der Waals surface area contributed by atoms with Crippen molar-refractivity contribution in [1.29, 1.82) is 0 Å². The molecule has 1 saturated heterocycles. The van der Waals surface area contributed by atoms with Crippen molar-refractivity contribution in [3.05, 3.63) is 65.7 Å². The van der Waals surface area contributed by atoms with Gasteiger partial charge < -0.3 is 25.4 Å². The van der Waals surface area contributed by atoms with Crippen LogP contribution in [0.5, 0.6) is 0 Å². The second-order valence-corrected chi connectivity index (χ2v) is 7.08. The Morgan fingerprint density at radius 3 is 2.43 bits per heavy atom. The highest BCUT2D eigenvalue weighted by Gasteiger charge is 2.38. The van der Waals surface area contributed by atoms with E-state index in [-0.39, 0.29) is 18.7 Å². The highest BCUT2D eigenvalue weighted by Crippen LogP contribution is 2.35. The third-order valence-electron chi connectivity index (χ3n) is 5.06. The molecule has 0 aromatic heterocycles. The molecule has 0 radical (unpaired) electrons. The first-order chi connectivity index (χ1) is 14.4. The number of anilines is 1. The standard InChI is InChI=1S/C22H23N3O5/c1-14(26)16-8-5-9-17(12-16)24-22(30)23-13-20(27)25-18(10-11-19(25)21(28)29)15-6-3-2-4-7-15/h2-9,12,18-19H,10-11,13H2,1H3,(H,28,29)(H2,23,24,30)/p-1. The van der Waals surface area contributed by atoms with Crippen LogP contribution in [-0.2, 0) is 9.59 Å². The second kappa shape index (κ2) is 9.21. The Kier molecular flexibility index (Phi) is 6.46. The lowest BCUT2D eigenvalue weighted by molar-refractivity contribution is -0.310. The highest BCUT2D eigenvalue weighted by molar-refractivity contribution is 5.97. The first kappa shape index (κ1) is 21.0. The fourth-order valence-corrected chi connectivity index (χ4v) is 3.63. The van der Waals surface area contributed by atoms with Crippen molar-refractivity contribution in [2.75, 3.05) is 11.9 Å². The molecule has 156 valence electrons. The number of nitrogens with zero attached hydrogens (tertiary/aromatic N) is 1. The van der Waals surface area contributed by atoms with Crippen LogP contribution in [0.4, 0.5) is 10.5 Å². The summed E-state index contributed by atoms with van der Waals surface area (Å²) in [6.45, 7) is 1.05. The van der Waals surface area contributed by atoms with Crippen LogP contribution in [0.25, 0.3) is 0 Å². The molecule has 8 nitrogen and oxygen atoms in total. The lowest BCUT2D eigenvalue weighted by Crippen LogP contribution is -2.50. The van der Waals surface area contributed by atoms with Gasteiger partial charge in [-0.1, -0.05) is 42.5 Å². The van der Waals surface area contributed by atoms with Gasteiger partial charge >= 0.3 is 6.03 Å². The second-order valence-electron chi connectivity index (χ2n) is 7.08. The average molecular weight is 408 g/mol. The molecule has 8 heteroatoms. The first-order valence-electron chi connectivity index (χ1n) is 9.59. The lowest BCUT2D eigenvalue weighted by Gasteiger charge is -2.31. The molecular weight excluding hydrogens is 386 g/mol. The summed E-state index contributed by atoms with van der Waals surface area (Å²) in [5.74, 6) is -1.96. The van der Waals surface area contributed by atoms with E-state index in [4.69, 9.17) is 0 Å². The van der Waals surface area contributed by atoms with E-state index in [1.54, 1.807) is 18.2 Å². The van der Waals surface area contributed by atoms with Crippen LogP contribution in [0.1, 0.15) is 41.7 Å². The Labute approximate surface area is 173 Å². The van der Waals surface area contributed by atoms with Gasteiger partial charge in [-0.05, 0) is 37.5 Å². The molecule has 30 heavy (non-hydrogen) atoms. The van der Waals surface area contributed by atoms with Gasteiger partial charge in [-0.25, -0.2) is 4.79 Å². The predicted molar refractivity (Wildman–Crippen MR) is 108 cm³/mol. The molecular formula is C22H22N3O5-. The highest BCUT2D eigenvalue weighted by atomic mass is 16.4. The van der Waals surface area contributed by atoms with Gasteiger partial charge in [-0.15, -0.1) is 0 Å². The van der Waals surface area contributed by atoms with E-state index >= 15 is 0 Å². The fourth-order valence-electron chi connectivity index (χ4n) is 3.63. The zero-order valence-electron chi connectivity index (χ0n) is 16.5. The Morgan fingerprint density at radius 2 is 1.77 bits per heavy atom. The maximum Gasteiger partial charge on any atom is 0.319 e. The van der Waals surface area contributed by atoms with Crippen LogP contribution in [0, 0.1) is 0 Å². The molecule has 1 heterocycles. The summed E-state index contributed by atoms with van der Waals surface area (Å²) in [5, 5.41) is 16.5. The average Bonchev–Trinajstić information content (AvgIpc) is 3.18. The van der Waals surface area contributed by atoms with Gasteiger partial charge in [0, 0.05) is 11.3 Å². The van der Waals surface area contributed by atoms with Gasteiger partial charge in [-0.2, -0.15) is 0 Å². The maximum atomic E-state index is 12.8. The minimum Gasteiger partial charge on any atom is -0.548 e. The quantitative estimate of drug-likeness (QED) is 0.702. The van der Waals surface area contributed by atoms with Gasteiger partial charge in [-0.3, -0.25) is 9.59 Å². The first-order valence-corrected chi connectivity index (χ1v) is 9.59. The van der Waals surface area contributed by atoms with Crippen molar-refractivity contribution in [2.24, 2.45) is 0 Å². The molecule has 0 aliphatic carbocycles. The summed E-state index contributed by atoms with van der Waals surface area (Å²) < 4.78 is 0. The number of Topliss-reactive ketones (excluding diaryl/α,β-unsaturated/α-hetero) is 1. The number of amides is 3. The molecule has 2 aromatic rings. The molecule has 0 bridgehead atoms. The molecule has 0 spiro atoms. The van der Waals surface area contributed by atoms with Crippen LogP contribution < -0.4 is 15.7 Å². The summed E-state index contributed by atoms with van der Waals surface area (Å²) >= 11 is 0. The van der Waals surface area contributed by atoms with E-state index in [2.05, 4.69) is 10.6 Å². The van der Waals surface area contributed by atoms with Gasteiger partial charge in [0.2, 0.25) is 5.91 Å². The normalized spacial score (nSPS) is 18.0. The fraction of sp³-hybridized carbons (Fsp3) is 0.273. The Bertz CT molecular complexity index is 960. The van der Waals surface area contributed by atoms with Crippen molar-refractivity contribution in [3.8, 4) is 0 Å². The predicted octanol–water partition coefficient (Wildman–Crippen LogP) is 1.49. The molecule has 1 fully saturated rings. The number of hydrogen-bond acceptors (Lipinski definition) is 5. The van der Waals surface area contributed by atoms with Crippen molar-refractivity contribution in [1.82, 2.24) is 10.2 Å². The number of benzene rings is 2. The molecule has 1 aliphatic heterocycles. The van der Waals surface area contributed by atoms with Crippen molar-refractivity contribution in [2.45, 2.75) is 31.8 Å². The third-order valence-corrected chi connectivity index (χ3v) is 5.06. The third kappa shape index (κ3) is 4.83. The van der Waals surface area contributed by atoms with E-state index in [1.165, 1.54) is 17.9 Å². The molecule has 0 saturated carbocycles. The number of rotatable bonds is 6. The van der Waals surface area contributed by atoms with Crippen molar-refractivity contribution >= 4 is 29.4 Å². The van der Waals surface area contributed by atoms with E-state index in [1.807, 2.05) is 30.3 Å². The Hall–Kier alpha value is -3.68. The van der Waals surface area contributed by atoms with E-state index in [0.717, 1.165) is 5.56 Å². The zero-order chi connectivity index (χ0) is 21.7. The Balaban J connectivity index is 1.65. The number of carboxylic acids is 1. The summed E-state index contributed by atoms with van der Waals surface area (Å²) in [7, 11) is 0. The zero-order valence-corrected chi connectivity index (χ0v) is 16.5. The van der Waals surface area contributed by atoms with Crippen molar-refractivity contribution < 1.29 is 24.3 Å². The summed E-state index contributed by atoms with van der Waals surface area (Å²) in [6, 6.07) is 13.5. The topological polar surface area (TPSA) is 119 Å². The van der Waals surface area contributed by atoms with Gasteiger partial charge in [0.15, 0.2) is 5.78 Å². The molecule has 3 amide bonds. The summed E-state index contributed by atoms with van der Waals surface area (Å²) in [4.78, 5) is 49.2. The number of likely N-dealkylation sites (tertiary alicyclic amines) is 1. The monoisotopic (exact) mass is 408 g/mol. The minimum absolute atomic E-state index is 0.136. The van der Waals surface area contributed by atoms with Crippen LogP contribution in [-0.4, -0.2) is 41.2 Å². The maximum absolute atomic E-state index is 12.8. The van der Waals surface area contributed by atoms with E-state index < -0.39 is 30.0 Å². The van der Waals surface area contributed by atoms with Gasteiger partial charge in [0.25, 0.3) is 0 Å². The number of ketones is 1. The number of nitrogens with one attached hydrogen (secondary N) is 2. The van der Waals surface area contributed by atoms with Crippen molar-refractivity contribution in [3.63, 3.8) is 0 Å². The van der Waals surface area contributed by atoms with Crippen LogP contribution in [0.2, 0.25) is 0 Å². The number of aliphatic carboxylic acids is 1. The van der Waals surface area contributed by atoms with Gasteiger partial charge in [0.1, 0.15) is 0 Å². The molecule has 2 aromatic carbocycles. The van der Waals surface area contributed by atoms with E-state index in [0.29, 0.717) is 17.7 Å². The largest absolute Gasteiger partial charge is 0.548 e. The summed E-state index contributed by atoms with van der Waals surface area (Å²) in [6.07, 6.45) is 0.788. The molecule has 2 atom stereocenters. The lowest BCUT2D eigenvalue weighted by atomic mass is 10.0. The number of carbonyl (C=O) groups is 4. The van der Waals surface area contributed by atoms with Gasteiger partial charge in [0.05, 0.1) is 24.6 Å². The molecule has 2 unspecified atom stereocenters. The molecule has 3 rings (SSSR count). The molecule has 2 N–H and O–H groups in total. The van der Waals surface area contributed by atoms with Crippen LogP contribution in [0.15, 0.2) is 54.6 Å². The molecule has 1 aliphatic rings. The number of hydrogen-bond donors (Lipinski definition) is 2. The van der Waals surface area contributed by atoms with Crippen LogP contribution in [0.3, 0.4) is 0 Å². The van der Waals surface area contributed by atoms with Crippen LogP contribution >= 0.6 is 0 Å². The summed E-state index contributed by atoms with van der Waals surface area (Å²) in [5.41, 5.74) is 1.69. The number of carbonyl (C=O) groups excluding carboxylic acids is 4. The SMILES string of the molecule is CC(=O)c1cccc(NC(=O)NCC(=O)N2C(C(=O)[O-])CCC2c2ccccc2)c1. The number of carboxylic acid groups (broad SMARTS) is 1. The number of urea groups is 1. The Morgan fingerprint density at radius 1 is 1.03 bits per heavy atom. The van der Waals surface area contributed by atoms with E-state index in [9.17, 15) is 24.3 Å².